The summed E-state index contributed by atoms with van der Waals surface area (Å²) in [6, 6.07) is 4.02. The van der Waals surface area contributed by atoms with Gasteiger partial charge in [0.05, 0.1) is 6.10 Å². The van der Waals surface area contributed by atoms with E-state index in [-0.39, 0.29) is 6.10 Å². The molecule has 2 heterocycles. The minimum absolute atomic E-state index is 0.258. The van der Waals surface area contributed by atoms with Gasteiger partial charge in [-0.3, -0.25) is 0 Å². The second kappa shape index (κ2) is 5.93. The van der Waals surface area contributed by atoms with Crippen molar-refractivity contribution in [2.24, 2.45) is 0 Å². The van der Waals surface area contributed by atoms with Gasteiger partial charge in [0, 0.05) is 30.4 Å². The van der Waals surface area contributed by atoms with E-state index in [4.69, 9.17) is 4.74 Å². The summed E-state index contributed by atoms with van der Waals surface area (Å²) >= 11 is 0. The van der Waals surface area contributed by atoms with Crippen LogP contribution in [0.15, 0.2) is 30.6 Å². The highest BCUT2D eigenvalue weighted by Gasteiger charge is 2.21. The molecule has 1 aromatic heterocycles. The molecule has 0 saturated carbocycles. The Morgan fingerprint density at radius 1 is 1.45 bits per heavy atom. The smallest absolute Gasteiger partial charge is 0.149 e. The predicted molar refractivity (Wildman–Crippen MR) is 85.8 cm³/mol. The van der Waals surface area contributed by atoms with Crippen LogP contribution in [0.3, 0.4) is 0 Å². The molecule has 1 unspecified atom stereocenters. The third kappa shape index (κ3) is 2.90. The van der Waals surface area contributed by atoms with Crippen molar-refractivity contribution in [1.29, 1.82) is 0 Å². The summed E-state index contributed by atoms with van der Waals surface area (Å²) in [6.45, 7) is 9.82. The van der Waals surface area contributed by atoms with Crippen LogP contribution in [0, 0.1) is 13.8 Å². The molecule has 0 bridgehead atoms. The van der Waals surface area contributed by atoms with Crippen molar-refractivity contribution in [2.75, 3.05) is 19.7 Å². The van der Waals surface area contributed by atoms with Crippen molar-refractivity contribution in [3.8, 4) is 5.75 Å². The summed E-state index contributed by atoms with van der Waals surface area (Å²) in [5, 5.41) is 10.6. The highest BCUT2D eigenvalue weighted by atomic mass is 16.5. The Morgan fingerprint density at radius 3 is 3.00 bits per heavy atom. The second-order valence-electron chi connectivity index (χ2n) is 5.81. The minimum Gasteiger partial charge on any atom is -0.485 e. The van der Waals surface area contributed by atoms with Crippen LogP contribution in [-0.4, -0.2) is 45.8 Å². The first-order valence-corrected chi connectivity index (χ1v) is 7.51. The fraction of sp³-hybridized carbons (Fsp3) is 0.412. The molecular weight excluding hydrogens is 278 g/mol. The zero-order valence-corrected chi connectivity index (χ0v) is 13.0. The van der Waals surface area contributed by atoms with E-state index in [2.05, 4.69) is 21.4 Å². The first-order valence-electron chi connectivity index (χ1n) is 7.51. The molecule has 1 aromatic carbocycles. The molecule has 1 aliphatic heterocycles. The molecule has 2 aromatic rings. The Hall–Kier alpha value is -2.14. The Bertz CT molecular complexity index is 709. The second-order valence-corrected chi connectivity index (χ2v) is 5.81. The third-order valence-corrected chi connectivity index (χ3v) is 4.02. The van der Waals surface area contributed by atoms with Crippen LogP contribution < -0.4 is 4.74 Å². The number of nitrogens with zero attached hydrogens (tertiary/aromatic N) is 3. The maximum Gasteiger partial charge on any atom is 0.149 e. The molecule has 22 heavy (non-hydrogen) atoms. The normalized spacial score (nSPS) is 18.0. The van der Waals surface area contributed by atoms with Crippen molar-refractivity contribution in [2.45, 2.75) is 26.4 Å². The average Bonchev–Trinajstić information content (AvgIpc) is 2.92. The van der Waals surface area contributed by atoms with Crippen molar-refractivity contribution in [3.05, 3.63) is 42.0 Å². The first-order chi connectivity index (χ1) is 10.5. The number of likely N-dealkylation sites (tertiary alicyclic amines) is 1. The van der Waals surface area contributed by atoms with Crippen molar-refractivity contribution in [3.63, 3.8) is 0 Å². The number of fused-ring (bicyclic) bond motifs is 1. The maximum absolute atomic E-state index is 9.61. The van der Waals surface area contributed by atoms with Gasteiger partial charge in [-0.15, -0.1) is 0 Å². The Labute approximate surface area is 130 Å². The van der Waals surface area contributed by atoms with Gasteiger partial charge in [0.15, 0.2) is 0 Å². The van der Waals surface area contributed by atoms with Crippen LogP contribution in [0.25, 0.3) is 10.9 Å². The SMILES string of the molecule is C=C(COc1c(C)ccc2cnc(C)nc12)N1CCC(O)C1. The molecular formula is C17H21N3O2. The molecule has 1 saturated heterocycles. The molecule has 5 heteroatoms. The minimum atomic E-state index is -0.258. The van der Waals surface area contributed by atoms with E-state index >= 15 is 0 Å². The summed E-state index contributed by atoms with van der Waals surface area (Å²) in [5.41, 5.74) is 2.76. The number of aryl methyl sites for hydroxylation is 2. The summed E-state index contributed by atoms with van der Waals surface area (Å²) < 4.78 is 6.00. The average molecular weight is 299 g/mol. The van der Waals surface area contributed by atoms with Gasteiger partial charge in [-0.2, -0.15) is 0 Å². The van der Waals surface area contributed by atoms with E-state index in [1.54, 1.807) is 0 Å². The summed E-state index contributed by atoms with van der Waals surface area (Å²) in [4.78, 5) is 10.8. The molecule has 1 fully saturated rings. The number of aliphatic hydroxyl groups excluding tert-OH is 1. The zero-order valence-electron chi connectivity index (χ0n) is 13.0. The topological polar surface area (TPSA) is 58.5 Å². The largest absolute Gasteiger partial charge is 0.485 e. The number of benzene rings is 1. The number of rotatable bonds is 4. The van der Waals surface area contributed by atoms with Crippen LogP contribution in [0.1, 0.15) is 17.8 Å². The molecule has 3 rings (SSSR count). The van der Waals surface area contributed by atoms with Gasteiger partial charge in [-0.25, -0.2) is 9.97 Å². The maximum atomic E-state index is 9.61. The number of hydrogen-bond donors (Lipinski definition) is 1. The predicted octanol–water partition coefficient (Wildman–Crippen LogP) is 2.21. The lowest BCUT2D eigenvalue weighted by atomic mass is 10.1. The fourth-order valence-corrected chi connectivity index (χ4v) is 2.72. The first kappa shape index (κ1) is 14.8. The number of aromatic nitrogens is 2. The lowest BCUT2D eigenvalue weighted by molar-refractivity contribution is 0.180. The van der Waals surface area contributed by atoms with Gasteiger partial charge in [-0.1, -0.05) is 18.7 Å². The molecule has 0 spiro atoms. The molecule has 5 nitrogen and oxygen atoms in total. The summed E-state index contributed by atoms with van der Waals surface area (Å²) in [6.07, 6.45) is 2.35. The lowest BCUT2D eigenvalue weighted by Crippen LogP contribution is -2.24. The van der Waals surface area contributed by atoms with E-state index in [1.807, 2.05) is 32.2 Å². The molecule has 0 radical (unpaired) electrons. The number of ether oxygens (including phenoxy) is 1. The molecule has 0 amide bonds. The van der Waals surface area contributed by atoms with Crippen LogP contribution in [0.4, 0.5) is 0 Å². The lowest BCUT2D eigenvalue weighted by Gasteiger charge is -2.21. The van der Waals surface area contributed by atoms with Gasteiger partial charge in [0.2, 0.25) is 0 Å². The number of aliphatic hydroxyl groups is 1. The van der Waals surface area contributed by atoms with E-state index in [0.717, 1.165) is 46.7 Å². The summed E-state index contributed by atoms with van der Waals surface area (Å²) in [5.74, 6) is 1.51. The van der Waals surface area contributed by atoms with Crippen molar-refractivity contribution in [1.82, 2.24) is 14.9 Å². The molecule has 1 atom stereocenters. The number of hydrogen-bond acceptors (Lipinski definition) is 5. The highest BCUT2D eigenvalue weighted by molar-refractivity contribution is 5.85. The quantitative estimate of drug-likeness (QED) is 0.938. The van der Waals surface area contributed by atoms with Crippen molar-refractivity contribution < 1.29 is 9.84 Å². The monoisotopic (exact) mass is 299 g/mol. The highest BCUT2D eigenvalue weighted by Crippen LogP contribution is 2.28. The molecule has 1 aliphatic rings. The van der Waals surface area contributed by atoms with Crippen LogP contribution in [0.5, 0.6) is 5.75 Å². The van der Waals surface area contributed by atoms with Crippen LogP contribution in [0.2, 0.25) is 0 Å². The van der Waals surface area contributed by atoms with Crippen LogP contribution >= 0.6 is 0 Å². The summed E-state index contributed by atoms with van der Waals surface area (Å²) in [7, 11) is 0. The fourth-order valence-electron chi connectivity index (χ4n) is 2.72. The Kier molecular flexibility index (Phi) is 3.98. The van der Waals surface area contributed by atoms with Gasteiger partial charge in [0.25, 0.3) is 0 Å². The van der Waals surface area contributed by atoms with Gasteiger partial charge >= 0.3 is 0 Å². The third-order valence-electron chi connectivity index (χ3n) is 4.02. The zero-order chi connectivity index (χ0) is 15.7. The van der Waals surface area contributed by atoms with Gasteiger partial charge in [0.1, 0.15) is 23.7 Å². The number of β-amino-alcohol motifs (C(OH)–C–C–N with tert-alkyl or cyclic N) is 1. The molecule has 0 aliphatic carbocycles. The van der Waals surface area contributed by atoms with E-state index in [1.165, 1.54) is 0 Å². The van der Waals surface area contributed by atoms with Gasteiger partial charge in [-0.05, 0) is 25.8 Å². The van der Waals surface area contributed by atoms with E-state index in [0.29, 0.717) is 13.2 Å². The Balaban J connectivity index is 1.80. The molecule has 1 N–H and O–H groups in total. The van der Waals surface area contributed by atoms with Gasteiger partial charge < -0.3 is 14.7 Å². The van der Waals surface area contributed by atoms with E-state index in [9.17, 15) is 5.11 Å². The molecule has 116 valence electrons. The Morgan fingerprint density at radius 2 is 2.27 bits per heavy atom. The standard InChI is InChI=1S/C17H21N3O2/c1-11-4-5-14-8-18-13(3)19-16(14)17(11)22-10-12(2)20-7-6-15(21)9-20/h4-5,8,15,21H,2,6-7,9-10H2,1,3H3. The van der Waals surface area contributed by atoms with Crippen molar-refractivity contribution >= 4 is 10.9 Å². The van der Waals surface area contributed by atoms with E-state index < -0.39 is 0 Å². The van der Waals surface area contributed by atoms with Crippen LogP contribution in [-0.2, 0) is 0 Å².